The van der Waals surface area contributed by atoms with E-state index in [4.69, 9.17) is 4.74 Å². The molecule has 0 amide bonds. The average Bonchev–Trinajstić information content (AvgIpc) is 4.00. The third-order valence-corrected chi connectivity index (χ3v) is 18.6. The van der Waals surface area contributed by atoms with Crippen molar-refractivity contribution >= 4 is 60.4 Å². The Bertz CT molecular complexity index is 3180. The lowest BCUT2D eigenvalue weighted by molar-refractivity contribution is 0.161. The molecule has 4 aromatic heterocycles. The van der Waals surface area contributed by atoms with E-state index in [2.05, 4.69) is 206 Å². The minimum absolute atomic E-state index is 0.728. The monoisotopic (exact) mass is 1200 g/mol. The molecule has 0 unspecified atom stereocenters. The third kappa shape index (κ3) is 18.9. The fourth-order valence-corrected chi connectivity index (χ4v) is 13.2. The van der Waals surface area contributed by atoms with Crippen LogP contribution in [0.25, 0.3) is 54.8 Å². The number of hydrogen-bond donors (Lipinski definition) is 4. The lowest BCUT2D eigenvalue weighted by Gasteiger charge is -2.28. The first kappa shape index (κ1) is 66.3. The summed E-state index contributed by atoms with van der Waals surface area (Å²) in [4.78, 5) is 12.0. The standard InChI is InChI=1S/C19H29N3.C19H27N3.C18H28N4.C18H25N3O/c2*1-3-4-12-22(2)14-19-17-13-16(10-11-18(17)20-21-19)15-8-6-5-7-9-15;1-3-4-10-21(2)14-18-16-13-15(8-9-17(16)19-20-18)22-11-6-5-7-12-22;1-3-4-9-21(2)13-18-16-12-15(5-6-17(16)19-20-18)14-7-10-22-11-8-14/h10-11,13,15H,3-9,12,14H2,1-2H3,(H,20,21);8,10-11,13H,3-7,9,12,14H2,1-2H3,(H,20,21);8-9,13H,3-7,10-12,14H2,1-2H3,(H,19,20);5-7,12H,3-4,8-11,13H2,1-2H3,(H,19,20). The predicted molar refractivity (Wildman–Crippen MR) is 371 cm³/mol. The molecule has 1 saturated carbocycles. The first-order valence-electron chi connectivity index (χ1n) is 34.4. The molecule has 0 bridgehead atoms. The van der Waals surface area contributed by atoms with Gasteiger partial charge in [-0.3, -0.25) is 20.4 Å². The molecule has 0 spiro atoms. The average molecular weight is 1200 g/mol. The van der Waals surface area contributed by atoms with E-state index in [0.717, 1.165) is 100.0 Å². The second kappa shape index (κ2) is 34.7. The van der Waals surface area contributed by atoms with Crippen molar-refractivity contribution in [2.45, 2.75) is 195 Å². The van der Waals surface area contributed by atoms with E-state index in [1.54, 1.807) is 0 Å². The number of aromatic nitrogens is 8. The number of fused-ring (bicyclic) bond motifs is 4. The number of anilines is 1. The third-order valence-electron chi connectivity index (χ3n) is 18.6. The molecule has 4 aliphatic rings. The number of hydrogen-bond acceptors (Lipinski definition) is 10. The molecule has 4 N–H and O–H groups in total. The SMILES string of the molecule is CCCCN(C)Cc1[nH]nc2ccc(C3=CCCCC3)cc12.CCCCN(C)Cc1[nH]nc2ccc(C3=CCOCC3)cc12.CCCCN(C)Cc1[nH]nc2ccc(C3CCCCC3)cc12.CCCCN(C)Cc1[nH]nc2ccc(N3CCCCC3)cc12. The molecule has 12 rings (SSSR count). The zero-order chi connectivity index (χ0) is 61.5. The van der Waals surface area contributed by atoms with E-state index < -0.39 is 0 Å². The van der Waals surface area contributed by atoms with Gasteiger partial charge in [-0.25, -0.2) is 0 Å². The number of nitrogens with one attached hydrogen (secondary N) is 4. The molecule has 0 radical (unpaired) electrons. The Morgan fingerprint density at radius 3 is 1.33 bits per heavy atom. The Morgan fingerprint density at radius 2 is 0.886 bits per heavy atom. The molecule has 14 nitrogen and oxygen atoms in total. The van der Waals surface area contributed by atoms with Gasteiger partial charge in [-0.05, 0) is 233 Å². The van der Waals surface area contributed by atoms with Crippen LogP contribution in [-0.4, -0.2) is 141 Å². The van der Waals surface area contributed by atoms with E-state index >= 15 is 0 Å². The van der Waals surface area contributed by atoms with Crippen LogP contribution in [0.3, 0.4) is 0 Å². The summed E-state index contributed by atoms with van der Waals surface area (Å²) < 4.78 is 5.41. The summed E-state index contributed by atoms with van der Waals surface area (Å²) in [6.45, 7) is 21.2. The molecule has 2 aliphatic carbocycles. The highest BCUT2D eigenvalue weighted by atomic mass is 16.5. The molecular formula is C74H109N13O. The van der Waals surface area contributed by atoms with Crippen LogP contribution >= 0.6 is 0 Å². The molecule has 4 aromatic carbocycles. The van der Waals surface area contributed by atoms with Crippen molar-refractivity contribution in [3.8, 4) is 0 Å². The lowest BCUT2D eigenvalue weighted by Crippen LogP contribution is -2.29. The maximum atomic E-state index is 5.41. The Labute approximate surface area is 527 Å². The van der Waals surface area contributed by atoms with Gasteiger partial charge in [0, 0.05) is 66.5 Å². The molecule has 6 heterocycles. The largest absolute Gasteiger partial charge is 0.377 e. The van der Waals surface area contributed by atoms with E-state index in [-0.39, 0.29) is 0 Å². The van der Waals surface area contributed by atoms with Gasteiger partial charge in [0.1, 0.15) is 0 Å². The molecule has 88 heavy (non-hydrogen) atoms. The highest BCUT2D eigenvalue weighted by Gasteiger charge is 2.20. The van der Waals surface area contributed by atoms with Crippen LogP contribution in [0.2, 0.25) is 0 Å². The molecule has 1 saturated heterocycles. The van der Waals surface area contributed by atoms with Gasteiger partial charge >= 0.3 is 0 Å². The van der Waals surface area contributed by atoms with Gasteiger partial charge in [-0.15, -0.1) is 0 Å². The maximum absolute atomic E-state index is 5.41. The van der Waals surface area contributed by atoms with Crippen molar-refractivity contribution in [1.82, 2.24) is 60.4 Å². The van der Waals surface area contributed by atoms with Crippen LogP contribution in [-0.2, 0) is 30.9 Å². The Kier molecular flexibility index (Phi) is 26.1. The fourth-order valence-electron chi connectivity index (χ4n) is 13.2. The van der Waals surface area contributed by atoms with Crippen LogP contribution in [0.5, 0.6) is 0 Å². The van der Waals surface area contributed by atoms with E-state index in [0.29, 0.717) is 0 Å². The van der Waals surface area contributed by atoms with Crippen molar-refractivity contribution in [2.24, 2.45) is 0 Å². The van der Waals surface area contributed by atoms with Crippen molar-refractivity contribution in [2.75, 3.05) is 85.6 Å². The smallest absolute Gasteiger partial charge is 0.0925 e. The topological polar surface area (TPSA) is 140 Å². The zero-order valence-corrected chi connectivity index (χ0v) is 55.4. The number of H-pyrrole nitrogens is 4. The molecule has 2 aliphatic heterocycles. The van der Waals surface area contributed by atoms with Crippen LogP contribution in [0.15, 0.2) is 84.9 Å². The second-order valence-corrected chi connectivity index (χ2v) is 26.0. The minimum atomic E-state index is 0.728. The summed E-state index contributed by atoms with van der Waals surface area (Å²) in [5, 5.41) is 36.0. The van der Waals surface area contributed by atoms with Gasteiger partial charge in [0.25, 0.3) is 0 Å². The summed E-state index contributed by atoms with van der Waals surface area (Å²) in [5.41, 5.74) is 17.7. The summed E-state index contributed by atoms with van der Waals surface area (Å²) in [5.74, 6) is 0.763. The summed E-state index contributed by atoms with van der Waals surface area (Å²) in [6, 6.07) is 26.9. The maximum Gasteiger partial charge on any atom is 0.0925 e. The molecule has 14 heteroatoms. The van der Waals surface area contributed by atoms with Crippen molar-refractivity contribution in [3.63, 3.8) is 0 Å². The number of aromatic amines is 4. The second-order valence-electron chi connectivity index (χ2n) is 26.0. The lowest BCUT2D eigenvalue weighted by atomic mass is 9.84. The normalized spacial score (nSPS) is 15.9. The van der Waals surface area contributed by atoms with E-state index in [1.807, 2.05) is 0 Å². The van der Waals surface area contributed by atoms with Gasteiger partial charge in [0.15, 0.2) is 0 Å². The summed E-state index contributed by atoms with van der Waals surface area (Å²) in [6.07, 6.45) is 31.6. The molecule has 2 fully saturated rings. The van der Waals surface area contributed by atoms with Crippen LogP contribution in [0.4, 0.5) is 5.69 Å². The number of rotatable bonds is 24. The first-order valence-corrected chi connectivity index (χ1v) is 34.4. The molecule has 476 valence electrons. The quantitative estimate of drug-likeness (QED) is 0.0462. The van der Waals surface area contributed by atoms with E-state index in [9.17, 15) is 0 Å². The fraction of sp³-hybridized carbons (Fsp3) is 0.568. The van der Waals surface area contributed by atoms with Gasteiger partial charge in [-0.2, -0.15) is 20.4 Å². The highest BCUT2D eigenvalue weighted by Crippen LogP contribution is 2.35. The summed E-state index contributed by atoms with van der Waals surface area (Å²) >= 11 is 0. The zero-order valence-electron chi connectivity index (χ0n) is 55.4. The minimum Gasteiger partial charge on any atom is -0.377 e. The predicted octanol–water partition coefficient (Wildman–Crippen LogP) is 17.0. The molecule has 0 atom stereocenters. The van der Waals surface area contributed by atoms with Gasteiger partial charge in [0.05, 0.1) is 58.1 Å². The van der Waals surface area contributed by atoms with Crippen molar-refractivity contribution in [1.29, 1.82) is 0 Å². The number of unbranched alkanes of at least 4 members (excludes halogenated alkanes) is 4. The number of piperidine rings is 1. The number of allylic oxidation sites excluding steroid dienone is 2. The number of benzene rings is 4. The van der Waals surface area contributed by atoms with Crippen molar-refractivity contribution < 1.29 is 4.74 Å². The number of ether oxygens (including phenoxy) is 1. The van der Waals surface area contributed by atoms with Crippen molar-refractivity contribution in [3.05, 3.63) is 124 Å². The Morgan fingerprint density at radius 1 is 0.455 bits per heavy atom. The Balaban J connectivity index is 0.000000140. The van der Waals surface area contributed by atoms with E-state index in [1.165, 1.54) is 219 Å². The van der Waals surface area contributed by atoms with Gasteiger partial charge < -0.3 is 29.2 Å². The highest BCUT2D eigenvalue weighted by molar-refractivity contribution is 5.88. The Hall–Kier alpha value is -6.16. The molecule has 8 aromatic rings. The van der Waals surface area contributed by atoms with Crippen LogP contribution in [0, 0.1) is 0 Å². The summed E-state index contributed by atoms with van der Waals surface area (Å²) in [7, 11) is 8.76. The first-order chi connectivity index (χ1) is 43.1. The van der Waals surface area contributed by atoms with Crippen LogP contribution < -0.4 is 4.90 Å². The van der Waals surface area contributed by atoms with Gasteiger partial charge in [-0.1, -0.05) is 103 Å². The van der Waals surface area contributed by atoms with Crippen LogP contribution in [0.1, 0.15) is 208 Å². The van der Waals surface area contributed by atoms with Gasteiger partial charge in [0.2, 0.25) is 0 Å². The molecular weight excluding hydrogens is 1090 g/mol. The number of nitrogens with zero attached hydrogens (tertiary/aromatic N) is 9.